The molecule has 116 valence electrons. The summed E-state index contributed by atoms with van der Waals surface area (Å²) in [6, 6.07) is 13.5. The van der Waals surface area contributed by atoms with Gasteiger partial charge in [-0.1, -0.05) is 0 Å². The predicted molar refractivity (Wildman–Crippen MR) is 97.2 cm³/mol. The van der Waals surface area contributed by atoms with Crippen molar-refractivity contribution in [1.82, 2.24) is 9.97 Å². The van der Waals surface area contributed by atoms with Gasteiger partial charge in [-0.2, -0.15) is 0 Å². The lowest BCUT2D eigenvalue weighted by Crippen LogP contribution is -2.30. The molecule has 2 aromatic carbocycles. The Hall–Kier alpha value is -2.73. The molecule has 0 aliphatic rings. The van der Waals surface area contributed by atoms with E-state index in [0.29, 0.717) is 5.11 Å². The van der Waals surface area contributed by atoms with Gasteiger partial charge in [-0.3, -0.25) is 9.97 Å². The third kappa shape index (κ3) is 3.37. The number of hydrogen-bond donors (Lipinski definition) is 1. The standard InChI is InChI=1S/C17H16N4OS/c1-21(13-4-6-14(22-2)7-5-13)17(23)20-12-3-8-15-16(11-12)19-10-9-18-15/h3-11H,1-2H3,(H,20,23). The van der Waals surface area contributed by atoms with Crippen LogP contribution in [0.1, 0.15) is 0 Å². The largest absolute Gasteiger partial charge is 0.497 e. The SMILES string of the molecule is COc1ccc(N(C)C(=S)Nc2ccc3nccnc3c2)cc1. The molecule has 23 heavy (non-hydrogen) atoms. The second-order valence-corrected chi connectivity index (χ2v) is 5.33. The summed E-state index contributed by atoms with van der Waals surface area (Å²) >= 11 is 5.47. The maximum Gasteiger partial charge on any atom is 0.177 e. The van der Waals surface area contributed by atoms with Gasteiger partial charge in [0.25, 0.3) is 0 Å². The highest BCUT2D eigenvalue weighted by Crippen LogP contribution is 2.20. The van der Waals surface area contributed by atoms with Gasteiger partial charge in [0.2, 0.25) is 0 Å². The highest BCUT2D eigenvalue weighted by atomic mass is 32.1. The summed E-state index contributed by atoms with van der Waals surface area (Å²) < 4.78 is 5.17. The van der Waals surface area contributed by atoms with Crippen LogP contribution in [0.15, 0.2) is 54.9 Å². The van der Waals surface area contributed by atoms with Gasteiger partial charge < -0.3 is 15.0 Å². The van der Waals surface area contributed by atoms with Gasteiger partial charge in [0, 0.05) is 30.8 Å². The first-order valence-corrected chi connectivity index (χ1v) is 7.48. The van der Waals surface area contributed by atoms with Crippen molar-refractivity contribution in [3.8, 4) is 5.75 Å². The van der Waals surface area contributed by atoms with Crippen LogP contribution in [0, 0.1) is 0 Å². The number of ether oxygens (including phenoxy) is 1. The maximum absolute atomic E-state index is 5.47. The monoisotopic (exact) mass is 324 g/mol. The van der Waals surface area contributed by atoms with E-state index in [-0.39, 0.29) is 0 Å². The van der Waals surface area contributed by atoms with Crippen LogP contribution in [0.3, 0.4) is 0 Å². The van der Waals surface area contributed by atoms with Crippen LogP contribution >= 0.6 is 12.2 Å². The molecule has 1 heterocycles. The first kappa shape index (κ1) is 15.2. The van der Waals surface area contributed by atoms with E-state index in [1.807, 2.05) is 54.4 Å². The molecule has 0 saturated carbocycles. The summed E-state index contributed by atoms with van der Waals surface area (Å²) in [7, 11) is 3.56. The molecule has 3 rings (SSSR count). The molecule has 0 aliphatic heterocycles. The van der Waals surface area contributed by atoms with Gasteiger partial charge in [-0.25, -0.2) is 0 Å². The Labute approximate surface area is 139 Å². The zero-order valence-corrected chi connectivity index (χ0v) is 13.7. The summed E-state index contributed by atoms with van der Waals surface area (Å²) in [5.74, 6) is 0.814. The van der Waals surface area contributed by atoms with Crippen molar-refractivity contribution in [1.29, 1.82) is 0 Å². The third-order valence-corrected chi connectivity index (χ3v) is 3.86. The van der Waals surface area contributed by atoms with E-state index >= 15 is 0 Å². The summed E-state index contributed by atoms with van der Waals surface area (Å²) in [6.07, 6.45) is 3.35. The maximum atomic E-state index is 5.47. The minimum atomic E-state index is 0.596. The van der Waals surface area contributed by atoms with Crippen molar-refractivity contribution in [2.45, 2.75) is 0 Å². The van der Waals surface area contributed by atoms with E-state index in [1.165, 1.54) is 0 Å². The molecule has 0 spiro atoms. The molecule has 0 fully saturated rings. The number of benzene rings is 2. The molecule has 0 aliphatic carbocycles. The van der Waals surface area contributed by atoms with Crippen LogP contribution in [0.5, 0.6) is 5.75 Å². The molecule has 0 atom stereocenters. The molecule has 0 amide bonds. The van der Waals surface area contributed by atoms with Gasteiger partial charge in [-0.05, 0) is 54.7 Å². The Bertz CT molecular complexity index is 835. The summed E-state index contributed by atoms with van der Waals surface area (Å²) in [4.78, 5) is 10.5. The zero-order chi connectivity index (χ0) is 16.2. The highest BCUT2D eigenvalue weighted by molar-refractivity contribution is 7.80. The van der Waals surface area contributed by atoms with Crippen molar-refractivity contribution in [3.63, 3.8) is 0 Å². The average Bonchev–Trinajstić information content (AvgIpc) is 2.61. The lowest BCUT2D eigenvalue weighted by atomic mass is 10.2. The molecular weight excluding hydrogens is 308 g/mol. The van der Waals surface area contributed by atoms with E-state index in [1.54, 1.807) is 19.5 Å². The predicted octanol–water partition coefficient (Wildman–Crippen LogP) is 3.47. The topological polar surface area (TPSA) is 50.3 Å². The van der Waals surface area contributed by atoms with Crippen LogP contribution in [0.4, 0.5) is 11.4 Å². The van der Waals surface area contributed by atoms with Crippen LogP contribution in [0.2, 0.25) is 0 Å². The van der Waals surface area contributed by atoms with Gasteiger partial charge in [-0.15, -0.1) is 0 Å². The number of thiocarbonyl (C=S) groups is 1. The van der Waals surface area contributed by atoms with Crippen molar-refractivity contribution in [3.05, 3.63) is 54.9 Å². The van der Waals surface area contributed by atoms with Gasteiger partial charge in [0.1, 0.15) is 5.75 Å². The number of anilines is 2. The Kier molecular flexibility index (Phi) is 4.34. The van der Waals surface area contributed by atoms with Crippen molar-refractivity contribution in [2.24, 2.45) is 0 Å². The molecule has 0 saturated heterocycles. The normalized spacial score (nSPS) is 10.3. The molecule has 0 unspecified atom stereocenters. The van der Waals surface area contributed by atoms with Gasteiger partial charge in [0.05, 0.1) is 18.1 Å². The smallest absolute Gasteiger partial charge is 0.177 e. The van der Waals surface area contributed by atoms with Crippen LogP contribution in [-0.4, -0.2) is 29.2 Å². The van der Waals surface area contributed by atoms with E-state index in [9.17, 15) is 0 Å². The van der Waals surface area contributed by atoms with Crippen LogP contribution < -0.4 is 15.0 Å². The van der Waals surface area contributed by atoms with E-state index in [2.05, 4.69) is 15.3 Å². The minimum absolute atomic E-state index is 0.596. The zero-order valence-electron chi connectivity index (χ0n) is 12.9. The lowest BCUT2D eigenvalue weighted by molar-refractivity contribution is 0.415. The number of fused-ring (bicyclic) bond motifs is 1. The molecule has 1 aromatic heterocycles. The molecule has 0 bridgehead atoms. The Balaban J connectivity index is 1.76. The number of hydrogen-bond acceptors (Lipinski definition) is 4. The first-order chi connectivity index (χ1) is 11.2. The number of nitrogens with zero attached hydrogens (tertiary/aromatic N) is 3. The molecule has 3 aromatic rings. The minimum Gasteiger partial charge on any atom is -0.497 e. The highest BCUT2D eigenvalue weighted by Gasteiger charge is 2.08. The first-order valence-electron chi connectivity index (χ1n) is 7.07. The average molecular weight is 324 g/mol. The third-order valence-electron chi connectivity index (χ3n) is 3.48. The van der Waals surface area contributed by atoms with Crippen molar-refractivity contribution < 1.29 is 4.74 Å². The fourth-order valence-corrected chi connectivity index (χ4v) is 2.39. The van der Waals surface area contributed by atoms with E-state index < -0.39 is 0 Å². The molecule has 0 radical (unpaired) electrons. The van der Waals surface area contributed by atoms with Crippen molar-refractivity contribution in [2.75, 3.05) is 24.4 Å². The number of nitrogens with one attached hydrogen (secondary N) is 1. The molecule has 1 N–H and O–H groups in total. The summed E-state index contributed by atoms with van der Waals surface area (Å²) in [6.45, 7) is 0. The van der Waals surface area contributed by atoms with Gasteiger partial charge in [0.15, 0.2) is 5.11 Å². The Morgan fingerprint density at radius 3 is 2.43 bits per heavy atom. The van der Waals surface area contributed by atoms with Crippen molar-refractivity contribution >= 4 is 39.7 Å². The second-order valence-electron chi connectivity index (χ2n) is 4.95. The van der Waals surface area contributed by atoms with E-state index in [0.717, 1.165) is 28.2 Å². The number of aromatic nitrogens is 2. The van der Waals surface area contributed by atoms with E-state index in [4.69, 9.17) is 17.0 Å². The second kappa shape index (κ2) is 6.58. The fourth-order valence-electron chi connectivity index (χ4n) is 2.17. The molecule has 5 nitrogen and oxygen atoms in total. The molecule has 6 heteroatoms. The fraction of sp³-hybridized carbons (Fsp3) is 0.118. The number of rotatable bonds is 3. The summed E-state index contributed by atoms with van der Waals surface area (Å²) in [5, 5.41) is 3.81. The Morgan fingerprint density at radius 2 is 1.74 bits per heavy atom. The number of methoxy groups -OCH3 is 1. The lowest BCUT2D eigenvalue weighted by Gasteiger charge is -2.21. The van der Waals surface area contributed by atoms with Crippen LogP contribution in [0.25, 0.3) is 11.0 Å². The molecular formula is C17H16N4OS. The Morgan fingerprint density at radius 1 is 1.04 bits per heavy atom. The van der Waals surface area contributed by atoms with Crippen LogP contribution in [-0.2, 0) is 0 Å². The quantitative estimate of drug-likeness (QED) is 0.745. The summed E-state index contributed by atoms with van der Waals surface area (Å²) in [5.41, 5.74) is 3.53. The van der Waals surface area contributed by atoms with Gasteiger partial charge >= 0.3 is 0 Å².